The van der Waals surface area contributed by atoms with Crippen LogP contribution in [0.25, 0.3) is 22.4 Å². The first kappa shape index (κ1) is 13.7. The van der Waals surface area contributed by atoms with Gasteiger partial charge < -0.3 is 4.74 Å². The number of hydrogen-bond acceptors (Lipinski definition) is 2. The maximum Gasteiger partial charge on any atom is 0.118 e. The molecule has 2 nitrogen and oxygen atoms in total. The third-order valence-electron chi connectivity index (χ3n) is 3.22. The van der Waals surface area contributed by atoms with Crippen molar-refractivity contribution >= 4 is 11.6 Å². The standard InChI is InChI=1S/C18H13ClNO/c1-21-17-8-4-14(5-9-17)18-12-15(10-11-20-18)13-2-6-16(19)7-3-13/h2-11H,1H3. The maximum atomic E-state index is 5.92. The van der Waals surface area contributed by atoms with Gasteiger partial charge in [-0.1, -0.05) is 23.7 Å². The second-order valence-electron chi connectivity index (χ2n) is 4.57. The third kappa shape index (κ3) is 3.06. The molecule has 0 aliphatic rings. The van der Waals surface area contributed by atoms with E-state index >= 15 is 0 Å². The van der Waals surface area contributed by atoms with E-state index in [1.54, 1.807) is 13.3 Å². The van der Waals surface area contributed by atoms with Gasteiger partial charge >= 0.3 is 0 Å². The summed E-state index contributed by atoms with van der Waals surface area (Å²) in [6, 6.07) is 20.8. The predicted octanol–water partition coefficient (Wildman–Crippen LogP) is 4.88. The number of ether oxygens (including phenoxy) is 1. The molecule has 0 amide bonds. The molecule has 103 valence electrons. The van der Waals surface area contributed by atoms with Gasteiger partial charge in [0.1, 0.15) is 5.75 Å². The first-order valence-electron chi connectivity index (χ1n) is 6.55. The van der Waals surface area contributed by atoms with Crippen molar-refractivity contribution in [3.8, 4) is 28.1 Å². The van der Waals surface area contributed by atoms with Crippen molar-refractivity contribution in [1.29, 1.82) is 0 Å². The fourth-order valence-electron chi connectivity index (χ4n) is 2.08. The normalized spacial score (nSPS) is 10.4. The van der Waals surface area contributed by atoms with Gasteiger partial charge in [0.15, 0.2) is 0 Å². The van der Waals surface area contributed by atoms with E-state index < -0.39 is 0 Å². The highest BCUT2D eigenvalue weighted by molar-refractivity contribution is 6.30. The lowest BCUT2D eigenvalue weighted by Gasteiger charge is -2.06. The number of pyridine rings is 1. The largest absolute Gasteiger partial charge is 0.497 e. The minimum atomic E-state index is 0.725. The molecule has 3 rings (SSSR count). The van der Waals surface area contributed by atoms with Crippen molar-refractivity contribution in [2.45, 2.75) is 0 Å². The topological polar surface area (TPSA) is 22.1 Å². The summed E-state index contributed by atoms with van der Waals surface area (Å²) in [5, 5.41) is 0.725. The summed E-state index contributed by atoms with van der Waals surface area (Å²) in [5.41, 5.74) is 3.88. The van der Waals surface area contributed by atoms with Crippen molar-refractivity contribution in [2.75, 3.05) is 7.11 Å². The van der Waals surface area contributed by atoms with Crippen LogP contribution in [0.2, 0.25) is 5.02 Å². The van der Waals surface area contributed by atoms with E-state index in [1.165, 1.54) is 0 Å². The predicted molar refractivity (Wildman–Crippen MR) is 85.5 cm³/mol. The van der Waals surface area contributed by atoms with Crippen molar-refractivity contribution in [2.24, 2.45) is 0 Å². The minimum Gasteiger partial charge on any atom is -0.497 e. The Hall–Kier alpha value is -2.32. The van der Waals surface area contributed by atoms with Gasteiger partial charge in [-0.15, -0.1) is 0 Å². The van der Waals surface area contributed by atoms with E-state index in [9.17, 15) is 0 Å². The fourth-order valence-corrected chi connectivity index (χ4v) is 2.21. The van der Waals surface area contributed by atoms with Gasteiger partial charge in [0.25, 0.3) is 0 Å². The summed E-state index contributed by atoms with van der Waals surface area (Å²) < 4.78 is 5.17. The summed E-state index contributed by atoms with van der Waals surface area (Å²) in [7, 11) is 1.65. The molecule has 3 heteroatoms. The van der Waals surface area contributed by atoms with Crippen molar-refractivity contribution in [1.82, 2.24) is 4.98 Å². The molecule has 0 saturated heterocycles. The number of nitrogens with zero attached hydrogens (tertiary/aromatic N) is 1. The van der Waals surface area contributed by atoms with Crippen LogP contribution in [-0.2, 0) is 0 Å². The quantitative estimate of drug-likeness (QED) is 0.687. The maximum absolute atomic E-state index is 5.92. The zero-order chi connectivity index (χ0) is 14.7. The fraction of sp³-hybridized carbons (Fsp3) is 0.0556. The molecule has 0 aliphatic heterocycles. The summed E-state index contributed by atoms with van der Waals surface area (Å²) in [6.45, 7) is 0. The van der Waals surface area contributed by atoms with Gasteiger partial charge in [-0.3, -0.25) is 4.98 Å². The van der Waals surface area contributed by atoms with Crippen LogP contribution in [0.1, 0.15) is 0 Å². The van der Waals surface area contributed by atoms with Crippen molar-refractivity contribution in [3.63, 3.8) is 0 Å². The molecule has 0 atom stereocenters. The van der Waals surface area contributed by atoms with Crippen molar-refractivity contribution < 1.29 is 4.74 Å². The second kappa shape index (κ2) is 5.98. The number of hydrogen-bond donors (Lipinski definition) is 0. The average molecular weight is 295 g/mol. The lowest BCUT2D eigenvalue weighted by Crippen LogP contribution is -1.87. The molecule has 0 N–H and O–H groups in total. The average Bonchev–Trinajstić information content (AvgIpc) is 2.56. The van der Waals surface area contributed by atoms with E-state index in [-0.39, 0.29) is 0 Å². The summed E-state index contributed by atoms with van der Waals surface area (Å²) in [5.74, 6) is 0.826. The first-order valence-corrected chi connectivity index (χ1v) is 6.93. The monoisotopic (exact) mass is 294 g/mol. The smallest absolute Gasteiger partial charge is 0.118 e. The van der Waals surface area contributed by atoms with Crippen LogP contribution in [0.15, 0.2) is 60.8 Å². The van der Waals surface area contributed by atoms with Crippen LogP contribution in [0, 0.1) is 6.07 Å². The summed E-state index contributed by atoms with van der Waals surface area (Å²) >= 11 is 5.92. The second-order valence-corrected chi connectivity index (χ2v) is 5.00. The van der Waals surface area contributed by atoms with Crippen molar-refractivity contribution in [3.05, 3.63) is 71.9 Å². The molecule has 1 heterocycles. The van der Waals surface area contributed by atoms with Gasteiger partial charge in [-0.05, 0) is 53.6 Å². The molecule has 2 aromatic carbocycles. The van der Waals surface area contributed by atoms with Crippen LogP contribution in [0.4, 0.5) is 0 Å². The first-order chi connectivity index (χ1) is 10.3. The van der Waals surface area contributed by atoms with Crippen LogP contribution < -0.4 is 4.74 Å². The molecule has 0 spiro atoms. The van der Waals surface area contributed by atoms with Crippen LogP contribution in [0.5, 0.6) is 5.75 Å². The molecular weight excluding hydrogens is 282 g/mol. The van der Waals surface area contributed by atoms with E-state index in [4.69, 9.17) is 16.3 Å². The Morgan fingerprint density at radius 1 is 0.905 bits per heavy atom. The Morgan fingerprint density at radius 2 is 1.57 bits per heavy atom. The van der Waals surface area contributed by atoms with Gasteiger partial charge in [0.05, 0.1) is 12.8 Å². The number of methoxy groups -OCH3 is 1. The zero-order valence-electron chi connectivity index (χ0n) is 11.5. The molecule has 0 unspecified atom stereocenters. The van der Waals surface area contributed by atoms with E-state index in [0.717, 1.165) is 33.2 Å². The third-order valence-corrected chi connectivity index (χ3v) is 3.47. The zero-order valence-corrected chi connectivity index (χ0v) is 12.3. The van der Waals surface area contributed by atoms with Gasteiger partial charge in [-0.2, -0.15) is 0 Å². The highest BCUT2D eigenvalue weighted by Gasteiger charge is 2.04. The summed E-state index contributed by atoms with van der Waals surface area (Å²) in [4.78, 5) is 4.39. The summed E-state index contributed by atoms with van der Waals surface area (Å²) in [6.07, 6.45) is 1.79. The Kier molecular flexibility index (Phi) is 3.89. The van der Waals surface area contributed by atoms with Gasteiger partial charge in [0, 0.05) is 22.8 Å². The molecule has 0 fully saturated rings. The number of benzene rings is 2. The number of aromatic nitrogens is 1. The molecule has 21 heavy (non-hydrogen) atoms. The highest BCUT2D eigenvalue weighted by atomic mass is 35.5. The van der Waals surface area contributed by atoms with Gasteiger partial charge in [0.2, 0.25) is 0 Å². The van der Waals surface area contributed by atoms with Crippen LogP contribution >= 0.6 is 11.6 Å². The molecule has 1 aromatic heterocycles. The Labute approximate surface area is 129 Å². The Bertz CT molecular complexity index is 736. The molecule has 0 bridgehead atoms. The molecular formula is C18H13ClNO. The number of rotatable bonds is 3. The van der Waals surface area contributed by atoms with Crippen LogP contribution in [0.3, 0.4) is 0 Å². The lowest BCUT2D eigenvalue weighted by molar-refractivity contribution is 0.415. The SMILES string of the molecule is COc1ccc(-c2[c]c(-c3ccc(Cl)cc3)ccn2)cc1. The molecule has 1 radical (unpaired) electrons. The highest BCUT2D eigenvalue weighted by Crippen LogP contribution is 2.26. The molecule has 0 aliphatic carbocycles. The van der Waals surface area contributed by atoms with E-state index in [2.05, 4.69) is 11.1 Å². The van der Waals surface area contributed by atoms with E-state index in [0.29, 0.717) is 0 Å². The molecule has 0 saturated carbocycles. The Morgan fingerprint density at radius 3 is 2.24 bits per heavy atom. The number of halogens is 1. The Balaban J connectivity index is 1.97. The lowest BCUT2D eigenvalue weighted by atomic mass is 10.0. The van der Waals surface area contributed by atoms with Gasteiger partial charge in [-0.25, -0.2) is 0 Å². The molecule has 3 aromatic rings. The minimum absolute atomic E-state index is 0.725. The van der Waals surface area contributed by atoms with Crippen LogP contribution in [-0.4, -0.2) is 12.1 Å². The van der Waals surface area contributed by atoms with E-state index in [1.807, 2.05) is 54.6 Å².